The number of fused-ring (bicyclic) bond motifs is 1. The second-order valence-corrected chi connectivity index (χ2v) is 6.14. The number of hydrogen-bond acceptors (Lipinski definition) is 7. The molecule has 1 aromatic heterocycles. The van der Waals surface area contributed by atoms with Crippen LogP contribution in [-0.2, 0) is 22.6 Å². The van der Waals surface area contributed by atoms with Gasteiger partial charge in [0, 0.05) is 13.5 Å². The van der Waals surface area contributed by atoms with Crippen LogP contribution >= 0.6 is 0 Å². The average Bonchev–Trinajstić information content (AvgIpc) is 3.11. The Morgan fingerprint density at radius 2 is 1.93 bits per heavy atom. The van der Waals surface area contributed by atoms with Gasteiger partial charge in [-0.1, -0.05) is 30.3 Å². The molecule has 2 aromatic rings. The summed E-state index contributed by atoms with van der Waals surface area (Å²) in [6.45, 7) is -1.04. The van der Waals surface area contributed by atoms with Crippen molar-refractivity contribution in [2.75, 3.05) is 26.9 Å². The molecule has 3 rings (SSSR count). The first-order valence-electron chi connectivity index (χ1n) is 8.51. The van der Waals surface area contributed by atoms with E-state index >= 15 is 0 Å². The number of benzene rings is 1. The zero-order valence-electron chi connectivity index (χ0n) is 14.9. The average molecular weight is 378 g/mol. The highest BCUT2D eigenvalue weighted by Crippen LogP contribution is 2.28. The zero-order valence-corrected chi connectivity index (χ0v) is 14.9. The van der Waals surface area contributed by atoms with Crippen LogP contribution in [0.1, 0.15) is 17.4 Å². The van der Waals surface area contributed by atoms with Crippen molar-refractivity contribution in [1.82, 2.24) is 9.13 Å². The molecule has 0 aliphatic carbocycles. The number of aromatic nitrogens is 2. The molecule has 27 heavy (non-hydrogen) atoms. The number of hydrogen-bond donors (Lipinski definition) is 2. The molecule has 9 heteroatoms. The highest BCUT2D eigenvalue weighted by Gasteiger charge is 2.33. The van der Waals surface area contributed by atoms with Gasteiger partial charge >= 0.3 is 5.69 Å². The molecule has 0 bridgehead atoms. The predicted molar refractivity (Wildman–Crippen MR) is 94.8 cm³/mol. The van der Waals surface area contributed by atoms with E-state index in [-0.39, 0.29) is 25.6 Å². The molecule has 1 aliphatic rings. The van der Waals surface area contributed by atoms with E-state index in [2.05, 4.69) is 0 Å². The van der Waals surface area contributed by atoms with Crippen molar-refractivity contribution >= 4 is 0 Å². The van der Waals surface area contributed by atoms with Gasteiger partial charge in [-0.2, -0.15) is 0 Å². The van der Waals surface area contributed by atoms with Crippen molar-refractivity contribution in [3.63, 3.8) is 0 Å². The number of ether oxygens (including phenoxy) is 3. The van der Waals surface area contributed by atoms with Crippen molar-refractivity contribution in [3.05, 3.63) is 62.3 Å². The van der Waals surface area contributed by atoms with E-state index in [0.29, 0.717) is 5.56 Å². The first-order valence-corrected chi connectivity index (χ1v) is 8.51. The standard InChI is InChI=1S/C18H22N2O7/c1-25-11-19-16(23)14(7-12-5-3-2-4-6-12)17-20(18(19)24)15(10-26-17)27-13(8-21)9-22/h2-6,13,15,21-22H,7-11H2,1H3/t15-/m0/s1. The van der Waals surface area contributed by atoms with Crippen LogP contribution in [0.5, 0.6) is 5.88 Å². The summed E-state index contributed by atoms with van der Waals surface area (Å²) in [7, 11) is 1.39. The van der Waals surface area contributed by atoms with Crippen molar-refractivity contribution in [1.29, 1.82) is 0 Å². The van der Waals surface area contributed by atoms with Crippen molar-refractivity contribution in [3.8, 4) is 5.88 Å². The van der Waals surface area contributed by atoms with E-state index < -0.39 is 36.8 Å². The Kier molecular flexibility index (Phi) is 6.07. The Balaban J connectivity index is 2.09. The van der Waals surface area contributed by atoms with E-state index in [4.69, 9.17) is 14.2 Å². The van der Waals surface area contributed by atoms with Gasteiger partial charge in [-0.25, -0.2) is 13.9 Å². The number of rotatable bonds is 8. The molecule has 0 unspecified atom stereocenters. The van der Waals surface area contributed by atoms with Crippen LogP contribution in [0.4, 0.5) is 0 Å². The fourth-order valence-corrected chi connectivity index (χ4v) is 3.00. The third-order valence-electron chi connectivity index (χ3n) is 4.31. The van der Waals surface area contributed by atoms with Crippen molar-refractivity contribution in [2.45, 2.75) is 25.5 Å². The Hall–Kier alpha value is -2.46. The predicted octanol–water partition coefficient (Wildman–Crippen LogP) is -0.534. The topological polar surface area (TPSA) is 112 Å². The van der Waals surface area contributed by atoms with E-state index in [1.165, 1.54) is 11.7 Å². The molecule has 2 heterocycles. The summed E-state index contributed by atoms with van der Waals surface area (Å²) < 4.78 is 18.4. The lowest BCUT2D eigenvalue weighted by Crippen LogP contribution is -2.43. The quantitative estimate of drug-likeness (QED) is 0.635. The summed E-state index contributed by atoms with van der Waals surface area (Å²) >= 11 is 0. The van der Waals surface area contributed by atoms with Gasteiger partial charge in [0.1, 0.15) is 19.4 Å². The van der Waals surface area contributed by atoms with E-state index in [0.717, 1.165) is 10.1 Å². The summed E-state index contributed by atoms with van der Waals surface area (Å²) in [4.78, 5) is 25.7. The Labute approximate surface area is 155 Å². The highest BCUT2D eigenvalue weighted by molar-refractivity contribution is 5.33. The van der Waals surface area contributed by atoms with E-state index in [1.807, 2.05) is 30.3 Å². The number of methoxy groups -OCH3 is 1. The lowest BCUT2D eigenvalue weighted by molar-refractivity contribution is -0.0939. The Morgan fingerprint density at radius 1 is 1.22 bits per heavy atom. The molecule has 0 saturated carbocycles. The molecular formula is C18H22N2O7. The first-order chi connectivity index (χ1) is 13.1. The van der Waals surface area contributed by atoms with Crippen molar-refractivity contribution < 1.29 is 24.4 Å². The molecule has 1 aliphatic heterocycles. The second-order valence-electron chi connectivity index (χ2n) is 6.14. The van der Waals surface area contributed by atoms with Gasteiger partial charge in [0.2, 0.25) is 5.88 Å². The van der Waals surface area contributed by atoms with Crippen molar-refractivity contribution in [2.24, 2.45) is 0 Å². The molecule has 1 atom stereocenters. The zero-order chi connectivity index (χ0) is 19.4. The normalized spacial score (nSPS) is 15.8. The first kappa shape index (κ1) is 19.3. The van der Waals surface area contributed by atoms with Crippen LogP contribution in [0.3, 0.4) is 0 Å². The maximum atomic E-state index is 12.9. The van der Waals surface area contributed by atoms with Gasteiger partial charge in [-0.15, -0.1) is 0 Å². The minimum atomic E-state index is -0.866. The van der Waals surface area contributed by atoms with Gasteiger partial charge in [-0.3, -0.25) is 4.79 Å². The summed E-state index contributed by atoms with van der Waals surface area (Å²) in [5.41, 5.74) is 0.0781. The summed E-state index contributed by atoms with van der Waals surface area (Å²) in [6, 6.07) is 9.34. The molecule has 0 spiro atoms. The Morgan fingerprint density at radius 3 is 2.56 bits per heavy atom. The van der Waals surface area contributed by atoms with Crippen LogP contribution in [0.25, 0.3) is 0 Å². The van der Waals surface area contributed by atoms with E-state index in [9.17, 15) is 19.8 Å². The summed E-state index contributed by atoms with van der Waals surface area (Å²) in [5.74, 6) is 0.140. The van der Waals surface area contributed by atoms with Crippen LogP contribution in [0.2, 0.25) is 0 Å². The SMILES string of the molecule is COCn1c(=O)c(Cc2ccccc2)c2n(c1=O)[C@@H](OC(CO)CO)CO2. The molecule has 0 saturated heterocycles. The fourth-order valence-electron chi connectivity index (χ4n) is 3.00. The molecule has 0 amide bonds. The molecule has 0 radical (unpaired) electrons. The largest absolute Gasteiger partial charge is 0.474 e. The number of aliphatic hydroxyl groups excluding tert-OH is 2. The van der Waals surface area contributed by atoms with Gasteiger partial charge < -0.3 is 24.4 Å². The maximum Gasteiger partial charge on any atom is 0.338 e. The van der Waals surface area contributed by atoms with Gasteiger partial charge in [0.25, 0.3) is 5.56 Å². The smallest absolute Gasteiger partial charge is 0.338 e. The Bertz CT molecular complexity index is 887. The molecule has 146 valence electrons. The maximum absolute atomic E-state index is 12.9. The third-order valence-corrected chi connectivity index (χ3v) is 4.31. The van der Waals surface area contributed by atoms with Crippen LogP contribution in [0, 0.1) is 0 Å². The number of aliphatic hydroxyl groups is 2. The third kappa shape index (κ3) is 3.81. The molecule has 9 nitrogen and oxygen atoms in total. The van der Waals surface area contributed by atoms with Crippen LogP contribution in [-0.4, -0.2) is 52.4 Å². The lowest BCUT2D eigenvalue weighted by Gasteiger charge is -2.19. The molecule has 0 fully saturated rings. The van der Waals surface area contributed by atoms with Crippen LogP contribution in [0.15, 0.2) is 39.9 Å². The van der Waals surface area contributed by atoms with Gasteiger partial charge in [-0.05, 0) is 5.56 Å². The molecular weight excluding hydrogens is 356 g/mol. The number of nitrogens with zero attached hydrogens (tertiary/aromatic N) is 2. The fraction of sp³-hybridized carbons (Fsp3) is 0.444. The summed E-state index contributed by atoms with van der Waals surface area (Å²) in [5, 5.41) is 18.5. The summed E-state index contributed by atoms with van der Waals surface area (Å²) in [6.07, 6.45) is -1.46. The monoisotopic (exact) mass is 378 g/mol. The molecule has 1 aromatic carbocycles. The lowest BCUT2D eigenvalue weighted by atomic mass is 10.1. The van der Waals surface area contributed by atoms with Gasteiger partial charge in [0.15, 0.2) is 6.23 Å². The minimum absolute atomic E-state index is 0.00996. The molecule has 2 N–H and O–H groups in total. The van der Waals surface area contributed by atoms with E-state index in [1.54, 1.807) is 0 Å². The van der Waals surface area contributed by atoms with Crippen LogP contribution < -0.4 is 16.0 Å². The van der Waals surface area contributed by atoms with Gasteiger partial charge in [0.05, 0.1) is 18.8 Å². The highest BCUT2D eigenvalue weighted by atomic mass is 16.6. The minimum Gasteiger partial charge on any atom is -0.474 e. The second kappa shape index (κ2) is 8.49.